The van der Waals surface area contributed by atoms with E-state index in [0.717, 1.165) is 32.1 Å². The van der Waals surface area contributed by atoms with Crippen molar-refractivity contribution in [2.45, 2.75) is 77.0 Å². The highest BCUT2D eigenvalue weighted by Gasteiger charge is 2.27. The topological polar surface area (TPSA) is 9.23 Å². The Kier molecular flexibility index (Phi) is 7.85. The first-order valence-corrected chi connectivity index (χ1v) is 11.0. The van der Waals surface area contributed by atoms with E-state index in [-0.39, 0.29) is 11.7 Å². The van der Waals surface area contributed by atoms with Crippen molar-refractivity contribution in [3.8, 4) is 5.75 Å². The van der Waals surface area contributed by atoms with Gasteiger partial charge in [0.25, 0.3) is 0 Å². The van der Waals surface area contributed by atoms with E-state index in [2.05, 4.69) is 31.2 Å². The van der Waals surface area contributed by atoms with Crippen molar-refractivity contribution >= 4 is 0 Å². The average Bonchev–Trinajstić information content (AvgIpc) is 2.76. The van der Waals surface area contributed by atoms with E-state index in [4.69, 9.17) is 4.74 Å². The highest BCUT2D eigenvalue weighted by Crippen LogP contribution is 2.42. The van der Waals surface area contributed by atoms with Crippen LogP contribution < -0.4 is 4.74 Å². The summed E-state index contributed by atoms with van der Waals surface area (Å²) in [5.74, 6) is -1.11. The van der Waals surface area contributed by atoms with Crippen LogP contribution in [0.25, 0.3) is 0 Å². The zero-order chi connectivity index (χ0) is 20.6. The van der Waals surface area contributed by atoms with Gasteiger partial charge in [-0.05, 0) is 80.0 Å². The van der Waals surface area contributed by atoms with Gasteiger partial charge in [0.15, 0.2) is 11.6 Å². The summed E-state index contributed by atoms with van der Waals surface area (Å²) in [6.45, 7) is 3.99. The van der Waals surface area contributed by atoms with Crippen molar-refractivity contribution in [3.05, 3.63) is 77.1 Å². The SMILES string of the molecule is CC=COc1ccc(C2CCC(c3ccc(CCCCC)cc3)CC2)c(F)c1F. The Labute approximate surface area is 173 Å². The van der Waals surface area contributed by atoms with E-state index in [0.29, 0.717) is 11.5 Å². The lowest BCUT2D eigenvalue weighted by Gasteiger charge is -2.29. The monoisotopic (exact) mass is 398 g/mol. The van der Waals surface area contributed by atoms with Crippen LogP contribution in [0.5, 0.6) is 5.75 Å². The molecular weight excluding hydrogens is 366 g/mol. The number of halogens is 2. The van der Waals surface area contributed by atoms with Gasteiger partial charge in [0, 0.05) is 0 Å². The van der Waals surface area contributed by atoms with Gasteiger partial charge < -0.3 is 4.74 Å². The molecule has 2 aromatic rings. The van der Waals surface area contributed by atoms with Gasteiger partial charge in [-0.25, -0.2) is 4.39 Å². The van der Waals surface area contributed by atoms with Gasteiger partial charge in [-0.3, -0.25) is 0 Å². The predicted octanol–water partition coefficient (Wildman–Crippen LogP) is 8.05. The third kappa shape index (κ3) is 5.46. The number of unbranched alkanes of at least 4 members (excludes halogenated alkanes) is 2. The molecule has 1 nitrogen and oxygen atoms in total. The molecule has 1 fully saturated rings. The van der Waals surface area contributed by atoms with Gasteiger partial charge in [-0.15, -0.1) is 0 Å². The molecule has 1 aliphatic rings. The highest BCUT2D eigenvalue weighted by molar-refractivity contribution is 5.34. The molecule has 3 rings (SSSR count). The molecule has 0 N–H and O–H groups in total. The normalized spacial score (nSPS) is 19.6. The summed E-state index contributed by atoms with van der Waals surface area (Å²) < 4.78 is 34.0. The van der Waals surface area contributed by atoms with Crippen LogP contribution >= 0.6 is 0 Å². The number of ether oxygens (including phenoxy) is 1. The van der Waals surface area contributed by atoms with Gasteiger partial charge in [-0.2, -0.15) is 4.39 Å². The summed E-state index contributed by atoms with van der Waals surface area (Å²) in [7, 11) is 0. The molecule has 0 radical (unpaired) electrons. The number of hydrogen-bond donors (Lipinski definition) is 0. The van der Waals surface area contributed by atoms with Crippen LogP contribution in [-0.2, 0) is 6.42 Å². The molecule has 2 aromatic carbocycles. The molecule has 29 heavy (non-hydrogen) atoms. The fraction of sp³-hybridized carbons (Fsp3) is 0.462. The second-order valence-corrected chi connectivity index (χ2v) is 8.12. The first-order valence-electron chi connectivity index (χ1n) is 11.0. The van der Waals surface area contributed by atoms with Crippen molar-refractivity contribution in [2.75, 3.05) is 0 Å². The lowest BCUT2D eigenvalue weighted by Crippen LogP contribution is -2.14. The second kappa shape index (κ2) is 10.6. The van der Waals surface area contributed by atoms with Gasteiger partial charge in [0.05, 0.1) is 6.26 Å². The maximum absolute atomic E-state index is 14.6. The maximum Gasteiger partial charge on any atom is 0.201 e. The zero-order valence-electron chi connectivity index (χ0n) is 17.6. The number of aryl methyl sites for hydroxylation is 1. The summed E-state index contributed by atoms with van der Waals surface area (Å²) >= 11 is 0. The molecular formula is C26H32F2O. The Bertz CT molecular complexity index is 802. The number of allylic oxidation sites excluding steroid dienone is 1. The molecule has 3 heteroatoms. The standard InChI is InChI=1S/C26H32F2O/c1-3-5-6-7-19-8-10-20(11-9-19)21-12-14-22(15-13-21)23-16-17-24(29-18-4-2)26(28)25(23)27/h4,8-11,16-18,21-22H,3,5-7,12-15H2,1-2H3. The summed E-state index contributed by atoms with van der Waals surface area (Å²) in [4.78, 5) is 0. The van der Waals surface area contributed by atoms with Gasteiger partial charge >= 0.3 is 0 Å². The van der Waals surface area contributed by atoms with Crippen LogP contribution in [0, 0.1) is 11.6 Å². The molecule has 0 atom stereocenters. The number of benzene rings is 2. The number of rotatable bonds is 8. The minimum atomic E-state index is -0.888. The summed E-state index contributed by atoms with van der Waals surface area (Å²) in [5.41, 5.74) is 3.28. The van der Waals surface area contributed by atoms with E-state index in [1.165, 1.54) is 42.7 Å². The van der Waals surface area contributed by atoms with Gasteiger partial charge in [-0.1, -0.05) is 56.2 Å². The number of hydrogen-bond acceptors (Lipinski definition) is 1. The summed E-state index contributed by atoms with van der Waals surface area (Å²) in [6, 6.07) is 12.3. The van der Waals surface area contributed by atoms with Crippen LogP contribution in [0.3, 0.4) is 0 Å². The largest absolute Gasteiger partial charge is 0.462 e. The van der Waals surface area contributed by atoms with Crippen molar-refractivity contribution in [1.29, 1.82) is 0 Å². The lowest BCUT2D eigenvalue weighted by atomic mass is 9.76. The second-order valence-electron chi connectivity index (χ2n) is 8.12. The minimum absolute atomic E-state index is 0.0583. The lowest BCUT2D eigenvalue weighted by molar-refractivity contribution is 0.372. The van der Waals surface area contributed by atoms with Crippen molar-refractivity contribution < 1.29 is 13.5 Å². The van der Waals surface area contributed by atoms with E-state index in [9.17, 15) is 8.78 Å². The Hall–Kier alpha value is -2.16. The first-order chi connectivity index (χ1) is 14.1. The summed E-state index contributed by atoms with van der Waals surface area (Å²) in [5, 5.41) is 0. The molecule has 0 aromatic heterocycles. The Morgan fingerprint density at radius 3 is 2.24 bits per heavy atom. The predicted molar refractivity (Wildman–Crippen MR) is 115 cm³/mol. The summed E-state index contributed by atoms with van der Waals surface area (Å²) in [6.07, 6.45) is 11.7. The third-order valence-electron chi connectivity index (χ3n) is 6.09. The highest BCUT2D eigenvalue weighted by atomic mass is 19.2. The van der Waals surface area contributed by atoms with Crippen LogP contribution in [0.2, 0.25) is 0 Å². The first kappa shape index (κ1) is 21.5. The van der Waals surface area contributed by atoms with Crippen molar-refractivity contribution in [3.63, 3.8) is 0 Å². The van der Waals surface area contributed by atoms with Crippen molar-refractivity contribution in [1.82, 2.24) is 0 Å². The Morgan fingerprint density at radius 2 is 1.59 bits per heavy atom. The molecule has 0 bridgehead atoms. The van der Waals surface area contributed by atoms with Crippen molar-refractivity contribution in [2.24, 2.45) is 0 Å². The minimum Gasteiger partial charge on any atom is -0.462 e. The molecule has 0 unspecified atom stereocenters. The fourth-order valence-corrected chi connectivity index (χ4v) is 4.37. The Balaban J connectivity index is 1.60. The molecule has 1 aliphatic carbocycles. The average molecular weight is 399 g/mol. The maximum atomic E-state index is 14.6. The van der Waals surface area contributed by atoms with Gasteiger partial charge in [0.1, 0.15) is 0 Å². The molecule has 0 amide bonds. The smallest absolute Gasteiger partial charge is 0.201 e. The zero-order valence-corrected chi connectivity index (χ0v) is 17.6. The van der Waals surface area contributed by atoms with Gasteiger partial charge in [0.2, 0.25) is 5.82 Å². The fourth-order valence-electron chi connectivity index (χ4n) is 4.37. The molecule has 0 aliphatic heterocycles. The molecule has 0 heterocycles. The molecule has 156 valence electrons. The molecule has 0 saturated heterocycles. The molecule has 1 saturated carbocycles. The van der Waals surface area contributed by atoms with E-state index >= 15 is 0 Å². The van der Waals surface area contributed by atoms with E-state index in [1.54, 1.807) is 19.1 Å². The van der Waals surface area contributed by atoms with E-state index < -0.39 is 11.6 Å². The van der Waals surface area contributed by atoms with Crippen LogP contribution in [0.15, 0.2) is 48.7 Å². The third-order valence-corrected chi connectivity index (χ3v) is 6.09. The molecule has 0 spiro atoms. The van der Waals surface area contributed by atoms with Crippen LogP contribution in [-0.4, -0.2) is 0 Å². The van der Waals surface area contributed by atoms with E-state index in [1.807, 2.05) is 0 Å². The Morgan fingerprint density at radius 1 is 0.897 bits per heavy atom. The van der Waals surface area contributed by atoms with Crippen LogP contribution in [0.4, 0.5) is 8.78 Å². The quantitative estimate of drug-likeness (QED) is 0.323. The van der Waals surface area contributed by atoms with Crippen LogP contribution in [0.1, 0.15) is 87.3 Å².